The molecule has 2 aromatic heterocycles. The molecule has 2 rings (SSSR count). The molecule has 0 saturated carbocycles. The van der Waals surface area contributed by atoms with Gasteiger partial charge in [-0.05, 0) is 32.4 Å². The average Bonchev–Trinajstić information content (AvgIpc) is 2.77. The fraction of sp³-hybridized carbons (Fsp3) is 0.429. The molecule has 0 aliphatic carbocycles. The Hall–Kier alpha value is -1.66. The molecule has 0 radical (unpaired) electrons. The summed E-state index contributed by atoms with van der Waals surface area (Å²) in [5.41, 5.74) is 3.89. The second kappa shape index (κ2) is 6.19. The number of anilines is 2. The SMILES string of the molecule is CCc1nc(NN)cc(NC(C)c2cc(C)sc2C)n1. The zero-order valence-electron chi connectivity index (χ0n) is 12.3. The number of rotatable bonds is 5. The van der Waals surface area contributed by atoms with E-state index in [-0.39, 0.29) is 6.04 Å². The predicted octanol–water partition coefficient (Wildman–Crippen LogP) is 3.18. The van der Waals surface area contributed by atoms with E-state index < -0.39 is 0 Å². The first-order valence-corrected chi connectivity index (χ1v) is 7.53. The molecule has 0 fully saturated rings. The van der Waals surface area contributed by atoms with Crippen LogP contribution in [-0.4, -0.2) is 9.97 Å². The fourth-order valence-corrected chi connectivity index (χ4v) is 3.21. The van der Waals surface area contributed by atoms with Gasteiger partial charge in [-0.1, -0.05) is 6.92 Å². The summed E-state index contributed by atoms with van der Waals surface area (Å²) in [6, 6.07) is 4.25. The summed E-state index contributed by atoms with van der Waals surface area (Å²) in [6.45, 7) is 8.44. The van der Waals surface area contributed by atoms with Gasteiger partial charge in [0.25, 0.3) is 0 Å². The number of nitrogens with two attached hydrogens (primary N) is 1. The van der Waals surface area contributed by atoms with Crippen molar-refractivity contribution in [2.45, 2.75) is 40.2 Å². The van der Waals surface area contributed by atoms with Crippen LogP contribution in [0.1, 0.15) is 41.0 Å². The van der Waals surface area contributed by atoms with Crippen molar-refractivity contribution in [1.82, 2.24) is 9.97 Å². The highest BCUT2D eigenvalue weighted by atomic mass is 32.1. The number of nitrogens with one attached hydrogen (secondary N) is 2. The Kier molecular flexibility index (Phi) is 4.57. The van der Waals surface area contributed by atoms with Crippen molar-refractivity contribution < 1.29 is 0 Å². The van der Waals surface area contributed by atoms with Gasteiger partial charge in [0.1, 0.15) is 17.5 Å². The molecule has 4 N–H and O–H groups in total. The molecular weight excluding hydrogens is 270 g/mol. The molecule has 0 aliphatic heterocycles. The van der Waals surface area contributed by atoms with Crippen molar-refractivity contribution in [3.8, 4) is 0 Å². The summed E-state index contributed by atoms with van der Waals surface area (Å²) in [5.74, 6) is 7.64. The maximum Gasteiger partial charge on any atom is 0.145 e. The molecule has 0 bridgehead atoms. The number of nitrogen functional groups attached to an aromatic ring is 1. The van der Waals surface area contributed by atoms with Crippen LogP contribution in [0.15, 0.2) is 12.1 Å². The highest BCUT2D eigenvalue weighted by Crippen LogP contribution is 2.28. The van der Waals surface area contributed by atoms with Crippen LogP contribution in [0, 0.1) is 13.8 Å². The van der Waals surface area contributed by atoms with Crippen LogP contribution < -0.4 is 16.6 Å². The van der Waals surface area contributed by atoms with Gasteiger partial charge in [0, 0.05) is 22.2 Å². The third-order valence-electron chi connectivity index (χ3n) is 3.15. The number of aromatic nitrogens is 2. The van der Waals surface area contributed by atoms with E-state index in [4.69, 9.17) is 5.84 Å². The van der Waals surface area contributed by atoms with Crippen LogP contribution in [0.25, 0.3) is 0 Å². The maximum absolute atomic E-state index is 5.45. The third kappa shape index (κ3) is 3.26. The average molecular weight is 291 g/mol. The van der Waals surface area contributed by atoms with Gasteiger partial charge in [0.05, 0.1) is 6.04 Å². The zero-order valence-corrected chi connectivity index (χ0v) is 13.1. The van der Waals surface area contributed by atoms with Crippen LogP contribution >= 0.6 is 11.3 Å². The quantitative estimate of drug-likeness (QED) is 0.582. The van der Waals surface area contributed by atoms with E-state index in [1.165, 1.54) is 15.3 Å². The van der Waals surface area contributed by atoms with Gasteiger partial charge in [0.15, 0.2) is 0 Å². The van der Waals surface area contributed by atoms with Crippen LogP contribution in [0.3, 0.4) is 0 Å². The van der Waals surface area contributed by atoms with Crippen molar-refractivity contribution in [2.75, 3.05) is 10.7 Å². The minimum absolute atomic E-state index is 0.199. The summed E-state index contributed by atoms with van der Waals surface area (Å²) in [4.78, 5) is 11.4. The van der Waals surface area contributed by atoms with Crippen molar-refractivity contribution in [3.63, 3.8) is 0 Å². The minimum atomic E-state index is 0.199. The van der Waals surface area contributed by atoms with Gasteiger partial charge >= 0.3 is 0 Å². The summed E-state index contributed by atoms with van der Waals surface area (Å²) in [6.07, 6.45) is 0.773. The monoisotopic (exact) mass is 291 g/mol. The van der Waals surface area contributed by atoms with E-state index in [0.717, 1.165) is 18.1 Å². The number of nitrogens with zero attached hydrogens (tertiary/aromatic N) is 2. The van der Waals surface area contributed by atoms with E-state index >= 15 is 0 Å². The predicted molar refractivity (Wildman–Crippen MR) is 85.1 cm³/mol. The third-order valence-corrected chi connectivity index (χ3v) is 4.13. The highest BCUT2D eigenvalue weighted by Gasteiger charge is 2.12. The lowest BCUT2D eigenvalue weighted by Crippen LogP contribution is -2.13. The number of hydrogen-bond donors (Lipinski definition) is 3. The maximum atomic E-state index is 5.45. The van der Waals surface area contributed by atoms with Gasteiger partial charge in [-0.25, -0.2) is 15.8 Å². The second-order valence-corrected chi connectivity index (χ2v) is 6.25. The van der Waals surface area contributed by atoms with Crippen LogP contribution in [0.5, 0.6) is 0 Å². The molecule has 0 aliphatic rings. The van der Waals surface area contributed by atoms with E-state index in [9.17, 15) is 0 Å². The lowest BCUT2D eigenvalue weighted by Gasteiger charge is -2.16. The Morgan fingerprint density at radius 2 is 1.95 bits per heavy atom. The van der Waals surface area contributed by atoms with Crippen molar-refractivity contribution in [2.24, 2.45) is 5.84 Å². The summed E-state index contributed by atoms with van der Waals surface area (Å²) < 4.78 is 0. The van der Waals surface area contributed by atoms with Crippen molar-refractivity contribution in [3.05, 3.63) is 33.3 Å². The van der Waals surface area contributed by atoms with E-state index in [2.05, 4.69) is 47.5 Å². The number of aryl methyl sites for hydroxylation is 3. The normalized spacial score (nSPS) is 12.2. The highest BCUT2D eigenvalue weighted by molar-refractivity contribution is 7.12. The van der Waals surface area contributed by atoms with Crippen molar-refractivity contribution in [1.29, 1.82) is 0 Å². The first kappa shape index (κ1) is 14.7. The lowest BCUT2D eigenvalue weighted by molar-refractivity contribution is 0.855. The Morgan fingerprint density at radius 3 is 2.50 bits per heavy atom. The molecule has 108 valence electrons. The molecular formula is C14H21N5S. The van der Waals surface area contributed by atoms with Crippen LogP contribution in [-0.2, 0) is 6.42 Å². The standard InChI is InChI=1S/C14H21N5S/c1-5-12-17-13(7-14(18-12)19-15)16-9(3)11-6-8(2)20-10(11)4/h6-7,9H,5,15H2,1-4H3,(H2,16,17,18,19). The zero-order chi connectivity index (χ0) is 14.7. The summed E-state index contributed by atoms with van der Waals surface area (Å²) in [7, 11) is 0. The largest absolute Gasteiger partial charge is 0.363 e. The number of thiophene rings is 1. The first-order chi connectivity index (χ1) is 9.53. The van der Waals surface area contributed by atoms with Gasteiger partial charge in [-0.2, -0.15) is 0 Å². The van der Waals surface area contributed by atoms with E-state index in [1.807, 2.05) is 24.3 Å². The molecule has 0 saturated heterocycles. The Bertz CT molecular complexity index is 571. The van der Waals surface area contributed by atoms with E-state index in [1.54, 1.807) is 0 Å². The molecule has 2 aromatic rings. The Labute approximate surface area is 123 Å². The molecule has 20 heavy (non-hydrogen) atoms. The molecule has 1 unspecified atom stereocenters. The molecule has 0 amide bonds. The van der Waals surface area contributed by atoms with Crippen LogP contribution in [0.4, 0.5) is 11.6 Å². The van der Waals surface area contributed by atoms with Gasteiger partial charge in [-0.3, -0.25) is 0 Å². The van der Waals surface area contributed by atoms with E-state index in [0.29, 0.717) is 5.82 Å². The first-order valence-electron chi connectivity index (χ1n) is 6.71. The Balaban J connectivity index is 2.22. The minimum Gasteiger partial charge on any atom is -0.363 e. The Morgan fingerprint density at radius 1 is 1.25 bits per heavy atom. The molecule has 0 spiro atoms. The molecule has 6 heteroatoms. The smallest absolute Gasteiger partial charge is 0.145 e. The molecule has 2 heterocycles. The summed E-state index contributed by atoms with van der Waals surface area (Å²) >= 11 is 1.82. The number of hydrogen-bond acceptors (Lipinski definition) is 6. The molecule has 1 atom stereocenters. The number of hydrazine groups is 1. The second-order valence-electron chi connectivity index (χ2n) is 4.79. The molecule has 5 nitrogen and oxygen atoms in total. The lowest BCUT2D eigenvalue weighted by atomic mass is 10.1. The molecule has 0 aromatic carbocycles. The fourth-order valence-electron chi connectivity index (χ4n) is 2.18. The summed E-state index contributed by atoms with van der Waals surface area (Å²) in [5, 5.41) is 3.42. The van der Waals surface area contributed by atoms with Gasteiger partial charge in [0.2, 0.25) is 0 Å². The van der Waals surface area contributed by atoms with Gasteiger partial charge in [-0.15, -0.1) is 11.3 Å². The van der Waals surface area contributed by atoms with Crippen LogP contribution in [0.2, 0.25) is 0 Å². The van der Waals surface area contributed by atoms with Crippen molar-refractivity contribution >= 4 is 23.0 Å². The topological polar surface area (TPSA) is 75.9 Å². The van der Waals surface area contributed by atoms with Gasteiger partial charge < -0.3 is 10.7 Å².